The molecule has 2 aliphatic rings. The van der Waals surface area contributed by atoms with Crippen molar-refractivity contribution in [3.05, 3.63) is 0 Å². The molecule has 2 aliphatic heterocycles. The summed E-state index contributed by atoms with van der Waals surface area (Å²) in [5, 5.41) is 9.32. The standard InChI is InChI=1S/C9H16O3/c10-8-4-3-6-9(12-8)5-1-2-7-11-9/h8,10H,1-7H2. The van der Waals surface area contributed by atoms with Gasteiger partial charge in [-0.3, -0.25) is 0 Å². The van der Waals surface area contributed by atoms with Crippen molar-refractivity contribution in [1.29, 1.82) is 0 Å². The summed E-state index contributed by atoms with van der Waals surface area (Å²) in [6, 6.07) is 0. The summed E-state index contributed by atoms with van der Waals surface area (Å²) < 4.78 is 11.0. The lowest BCUT2D eigenvalue weighted by molar-refractivity contribution is -0.332. The third-order valence-electron chi connectivity index (χ3n) is 2.68. The molecule has 0 aromatic carbocycles. The molecule has 0 aromatic rings. The minimum atomic E-state index is -0.600. The van der Waals surface area contributed by atoms with Crippen LogP contribution >= 0.6 is 0 Å². The van der Waals surface area contributed by atoms with Gasteiger partial charge in [0.05, 0.1) is 6.61 Å². The van der Waals surface area contributed by atoms with Gasteiger partial charge in [-0.15, -0.1) is 0 Å². The Balaban J connectivity index is 1.97. The van der Waals surface area contributed by atoms with E-state index in [1.54, 1.807) is 0 Å². The molecule has 2 rings (SSSR count). The SMILES string of the molecule is OC1CCCC2(CCCCO2)O1. The van der Waals surface area contributed by atoms with E-state index in [2.05, 4.69) is 0 Å². The maximum atomic E-state index is 9.32. The highest BCUT2D eigenvalue weighted by Gasteiger charge is 2.38. The first kappa shape index (κ1) is 8.48. The number of hydrogen-bond acceptors (Lipinski definition) is 3. The number of aliphatic hydroxyl groups excluding tert-OH is 1. The van der Waals surface area contributed by atoms with Crippen LogP contribution in [0.1, 0.15) is 38.5 Å². The first-order valence-corrected chi connectivity index (χ1v) is 4.81. The fourth-order valence-corrected chi connectivity index (χ4v) is 2.03. The average molecular weight is 172 g/mol. The summed E-state index contributed by atoms with van der Waals surface area (Å²) >= 11 is 0. The molecule has 1 N–H and O–H groups in total. The van der Waals surface area contributed by atoms with Gasteiger partial charge in [0.15, 0.2) is 12.1 Å². The van der Waals surface area contributed by atoms with E-state index >= 15 is 0 Å². The van der Waals surface area contributed by atoms with Crippen molar-refractivity contribution < 1.29 is 14.6 Å². The third-order valence-corrected chi connectivity index (χ3v) is 2.68. The predicted octanol–water partition coefficient (Wildman–Crippen LogP) is 1.40. The molecule has 0 bridgehead atoms. The lowest BCUT2D eigenvalue weighted by atomic mass is 9.97. The maximum Gasteiger partial charge on any atom is 0.171 e. The lowest BCUT2D eigenvalue weighted by Gasteiger charge is -2.41. The van der Waals surface area contributed by atoms with E-state index in [0.29, 0.717) is 0 Å². The Morgan fingerprint density at radius 3 is 2.67 bits per heavy atom. The summed E-state index contributed by atoms with van der Waals surface area (Å²) in [5.41, 5.74) is 0. The Hall–Kier alpha value is -0.120. The third kappa shape index (κ3) is 1.63. The summed E-state index contributed by atoms with van der Waals surface area (Å²) in [5.74, 6) is -0.421. The second-order valence-electron chi connectivity index (χ2n) is 3.68. The topological polar surface area (TPSA) is 38.7 Å². The predicted molar refractivity (Wildman–Crippen MR) is 43.5 cm³/mol. The summed E-state index contributed by atoms with van der Waals surface area (Å²) in [6.07, 6.45) is 5.35. The molecule has 3 heteroatoms. The first-order chi connectivity index (χ1) is 5.81. The van der Waals surface area contributed by atoms with E-state index in [1.165, 1.54) is 0 Å². The van der Waals surface area contributed by atoms with Gasteiger partial charge in [0, 0.05) is 12.8 Å². The summed E-state index contributed by atoms with van der Waals surface area (Å²) in [7, 11) is 0. The lowest BCUT2D eigenvalue weighted by Crippen LogP contribution is -2.45. The molecule has 2 fully saturated rings. The smallest absolute Gasteiger partial charge is 0.171 e. The van der Waals surface area contributed by atoms with E-state index in [0.717, 1.165) is 45.1 Å². The number of rotatable bonds is 0. The van der Waals surface area contributed by atoms with Gasteiger partial charge in [0.1, 0.15) is 0 Å². The Bertz CT molecular complexity index is 146. The molecule has 0 amide bonds. The zero-order valence-corrected chi connectivity index (χ0v) is 7.29. The monoisotopic (exact) mass is 172 g/mol. The fraction of sp³-hybridized carbons (Fsp3) is 1.00. The molecule has 0 saturated carbocycles. The molecule has 2 heterocycles. The Labute approximate surface area is 72.7 Å². The number of hydrogen-bond donors (Lipinski definition) is 1. The average Bonchev–Trinajstić information content (AvgIpc) is 2.05. The second-order valence-corrected chi connectivity index (χ2v) is 3.68. The minimum Gasteiger partial charge on any atom is -0.368 e. The van der Waals surface area contributed by atoms with Crippen molar-refractivity contribution in [2.75, 3.05) is 6.61 Å². The summed E-state index contributed by atoms with van der Waals surface area (Å²) in [6.45, 7) is 0.784. The van der Waals surface area contributed by atoms with Crippen molar-refractivity contribution in [1.82, 2.24) is 0 Å². The van der Waals surface area contributed by atoms with E-state index in [1.807, 2.05) is 0 Å². The molecule has 3 nitrogen and oxygen atoms in total. The second kappa shape index (κ2) is 3.32. The van der Waals surface area contributed by atoms with E-state index < -0.39 is 12.1 Å². The van der Waals surface area contributed by atoms with Gasteiger partial charge in [-0.1, -0.05) is 0 Å². The molecular formula is C9H16O3. The molecule has 12 heavy (non-hydrogen) atoms. The highest BCUT2D eigenvalue weighted by Crippen LogP contribution is 2.36. The Morgan fingerprint density at radius 2 is 2.00 bits per heavy atom. The van der Waals surface area contributed by atoms with Crippen molar-refractivity contribution >= 4 is 0 Å². The molecule has 1 spiro atoms. The van der Waals surface area contributed by atoms with Crippen LogP contribution in [0.3, 0.4) is 0 Å². The minimum absolute atomic E-state index is 0.421. The van der Waals surface area contributed by atoms with E-state index in [9.17, 15) is 5.11 Å². The molecule has 2 unspecified atom stereocenters. The van der Waals surface area contributed by atoms with Gasteiger partial charge in [-0.25, -0.2) is 0 Å². The van der Waals surface area contributed by atoms with Crippen molar-refractivity contribution in [3.8, 4) is 0 Å². The Morgan fingerprint density at radius 1 is 1.17 bits per heavy atom. The van der Waals surface area contributed by atoms with Crippen LogP contribution in [0, 0.1) is 0 Å². The highest BCUT2D eigenvalue weighted by molar-refractivity contribution is 4.77. The van der Waals surface area contributed by atoms with Crippen LogP contribution in [0.15, 0.2) is 0 Å². The van der Waals surface area contributed by atoms with Gasteiger partial charge in [-0.2, -0.15) is 0 Å². The van der Waals surface area contributed by atoms with Crippen LogP contribution in [-0.4, -0.2) is 23.8 Å². The summed E-state index contributed by atoms with van der Waals surface area (Å²) in [4.78, 5) is 0. The van der Waals surface area contributed by atoms with Crippen LogP contribution in [-0.2, 0) is 9.47 Å². The van der Waals surface area contributed by atoms with Crippen LogP contribution in [0.2, 0.25) is 0 Å². The Kier molecular flexibility index (Phi) is 2.35. The number of aliphatic hydroxyl groups is 1. The molecule has 2 atom stereocenters. The zero-order chi connectivity index (χ0) is 8.44. The van der Waals surface area contributed by atoms with Gasteiger partial charge >= 0.3 is 0 Å². The molecular weight excluding hydrogens is 156 g/mol. The van der Waals surface area contributed by atoms with Crippen LogP contribution in [0.4, 0.5) is 0 Å². The molecule has 0 aromatic heterocycles. The van der Waals surface area contributed by atoms with Crippen molar-refractivity contribution in [2.24, 2.45) is 0 Å². The van der Waals surface area contributed by atoms with Gasteiger partial charge in [0.25, 0.3) is 0 Å². The van der Waals surface area contributed by atoms with E-state index in [-0.39, 0.29) is 0 Å². The van der Waals surface area contributed by atoms with E-state index in [4.69, 9.17) is 9.47 Å². The van der Waals surface area contributed by atoms with Crippen LogP contribution in [0.25, 0.3) is 0 Å². The van der Waals surface area contributed by atoms with Gasteiger partial charge < -0.3 is 14.6 Å². The molecule has 0 radical (unpaired) electrons. The normalized spacial score (nSPS) is 43.2. The zero-order valence-electron chi connectivity index (χ0n) is 7.29. The van der Waals surface area contributed by atoms with Crippen molar-refractivity contribution in [3.63, 3.8) is 0 Å². The van der Waals surface area contributed by atoms with Gasteiger partial charge in [0.2, 0.25) is 0 Å². The molecule has 70 valence electrons. The first-order valence-electron chi connectivity index (χ1n) is 4.81. The quantitative estimate of drug-likeness (QED) is 0.600. The maximum absolute atomic E-state index is 9.32. The molecule has 0 aliphatic carbocycles. The largest absolute Gasteiger partial charge is 0.368 e. The van der Waals surface area contributed by atoms with Gasteiger partial charge in [-0.05, 0) is 25.7 Å². The van der Waals surface area contributed by atoms with Crippen LogP contribution < -0.4 is 0 Å². The van der Waals surface area contributed by atoms with Crippen molar-refractivity contribution in [2.45, 2.75) is 50.6 Å². The van der Waals surface area contributed by atoms with Crippen LogP contribution in [0.5, 0.6) is 0 Å². The molecule has 2 saturated heterocycles. The highest BCUT2D eigenvalue weighted by atomic mass is 16.7. The fourth-order valence-electron chi connectivity index (χ4n) is 2.03. The number of ether oxygens (including phenoxy) is 2.